The molecule has 29 heavy (non-hydrogen) atoms. The molecule has 7 heteroatoms. The van der Waals surface area contributed by atoms with E-state index in [1.165, 1.54) is 5.56 Å². The van der Waals surface area contributed by atoms with Crippen LogP contribution in [0.4, 0.5) is 0 Å². The van der Waals surface area contributed by atoms with Gasteiger partial charge in [-0.15, -0.1) is 0 Å². The van der Waals surface area contributed by atoms with E-state index in [1.54, 1.807) is 21.9 Å². The number of halogens is 1. The summed E-state index contributed by atoms with van der Waals surface area (Å²) < 4.78 is 11.1. The second-order valence-corrected chi connectivity index (χ2v) is 7.52. The van der Waals surface area contributed by atoms with Crippen molar-refractivity contribution in [2.45, 2.75) is 13.3 Å². The number of nitrogens with zero attached hydrogens (tertiary/aromatic N) is 2. The molecule has 0 aromatic heterocycles. The van der Waals surface area contributed by atoms with E-state index < -0.39 is 0 Å². The van der Waals surface area contributed by atoms with Crippen LogP contribution in [0.5, 0.6) is 11.5 Å². The Morgan fingerprint density at radius 3 is 2.10 bits per heavy atom. The molecule has 6 nitrogen and oxygen atoms in total. The first-order valence-corrected chi connectivity index (χ1v) is 10.2. The van der Waals surface area contributed by atoms with Gasteiger partial charge in [0.25, 0.3) is 11.8 Å². The van der Waals surface area contributed by atoms with Gasteiger partial charge in [0, 0.05) is 37.3 Å². The van der Waals surface area contributed by atoms with Gasteiger partial charge in [-0.2, -0.15) is 0 Å². The molecule has 0 unspecified atom stereocenters. The fraction of sp³-hybridized carbons (Fsp3) is 0.364. The molecular formula is C22H23ClN2O4. The number of aryl methyl sites for hydroxylation is 1. The van der Waals surface area contributed by atoms with E-state index >= 15 is 0 Å². The molecular weight excluding hydrogens is 392 g/mol. The summed E-state index contributed by atoms with van der Waals surface area (Å²) in [6, 6.07) is 11.0. The number of benzene rings is 2. The van der Waals surface area contributed by atoms with Crippen LogP contribution in [0.15, 0.2) is 36.4 Å². The molecule has 0 atom stereocenters. The van der Waals surface area contributed by atoms with Gasteiger partial charge in [-0.1, -0.05) is 30.7 Å². The van der Waals surface area contributed by atoms with Gasteiger partial charge >= 0.3 is 0 Å². The van der Waals surface area contributed by atoms with E-state index in [1.807, 2.05) is 24.3 Å². The lowest BCUT2D eigenvalue weighted by molar-refractivity contribution is 0.0535. The highest BCUT2D eigenvalue weighted by molar-refractivity contribution is 6.32. The molecule has 2 aliphatic rings. The second kappa shape index (κ2) is 8.33. The highest BCUT2D eigenvalue weighted by Gasteiger charge is 2.27. The normalized spacial score (nSPS) is 15.9. The first kappa shape index (κ1) is 19.6. The van der Waals surface area contributed by atoms with E-state index in [0.717, 1.165) is 6.42 Å². The lowest BCUT2D eigenvalue weighted by Gasteiger charge is -2.35. The predicted molar refractivity (Wildman–Crippen MR) is 110 cm³/mol. The molecule has 2 aliphatic heterocycles. The first-order chi connectivity index (χ1) is 14.1. The van der Waals surface area contributed by atoms with Gasteiger partial charge < -0.3 is 19.3 Å². The van der Waals surface area contributed by atoms with Crippen LogP contribution in [0.25, 0.3) is 0 Å². The van der Waals surface area contributed by atoms with Crippen molar-refractivity contribution in [3.8, 4) is 11.5 Å². The molecule has 2 aromatic carbocycles. The van der Waals surface area contributed by atoms with Gasteiger partial charge in [0.2, 0.25) is 0 Å². The second-order valence-electron chi connectivity index (χ2n) is 7.12. The Morgan fingerprint density at radius 2 is 1.48 bits per heavy atom. The van der Waals surface area contributed by atoms with Crippen LogP contribution in [-0.2, 0) is 6.42 Å². The van der Waals surface area contributed by atoms with E-state index in [0.29, 0.717) is 67.0 Å². The minimum atomic E-state index is -0.122. The Balaban J connectivity index is 1.41. The lowest BCUT2D eigenvalue weighted by Crippen LogP contribution is -2.50. The molecule has 1 saturated heterocycles. The van der Waals surface area contributed by atoms with E-state index in [4.69, 9.17) is 21.1 Å². The number of ether oxygens (including phenoxy) is 2. The van der Waals surface area contributed by atoms with Crippen molar-refractivity contribution in [3.63, 3.8) is 0 Å². The van der Waals surface area contributed by atoms with Gasteiger partial charge in [0.15, 0.2) is 11.5 Å². The third-order valence-corrected chi connectivity index (χ3v) is 5.59. The van der Waals surface area contributed by atoms with E-state index in [9.17, 15) is 9.59 Å². The van der Waals surface area contributed by atoms with Crippen molar-refractivity contribution in [3.05, 3.63) is 58.1 Å². The minimum Gasteiger partial charge on any atom is -0.486 e. The predicted octanol–water partition coefficient (Wildman–Crippen LogP) is 3.27. The molecule has 0 bridgehead atoms. The third-order valence-electron chi connectivity index (χ3n) is 5.31. The Labute approximate surface area is 174 Å². The molecule has 2 amide bonds. The van der Waals surface area contributed by atoms with Gasteiger partial charge in [-0.3, -0.25) is 9.59 Å². The van der Waals surface area contributed by atoms with E-state index in [2.05, 4.69) is 6.92 Å². The largest absolute Gasteiger partial charge is 0.486 e. The average Bonchev–Trinajstić information content (AvgIpc) is 2.78. The summed E-state index contributed by atoms with van der Waals surface area (Å²) in [6.07, 6.45) is 0.944. The Kier molecular flexibility index (Phi) is 5.62. The SMILES string of the molecule is CCc1ccc(C(=O)N2CCN(C(=O)c3cc(Cl)c4c(c3)OCCO4)CC2)cc1. The summed E-state index contributed by atoms with van der Waals surface area (Å²) in [6.45, 7) is 4.91. The van der Waals surface area contributed by atoms with Crippen LogP contribution in [0.1, 0.15) is 33.2 Å². The van der Waals surface area contributed by atoms with Gasteiger partial charge in [-0.05, 0) is 36.2 Å². The van der Waals surface area contributed by atoms with Crippen LogP contribution >= 0.6 is 11.6 Å². The number of hydrogen-bond acceptors (Lipinski definition) is 4. The van der Waals surface area contributed by atoms with Crippen molar-refractivity contribution in [2.24, 2.45) is 0 Å². The molecule has 1 fully saturated rings. The Hall–Kier alpha value is -2.73. The zero-order valence-corrected chi connectivity index (χ0v) is 17.1. The molecule has 0 radical (unpaired) electrons. The fourth-order valence-electron chi connectivity index (χ4n) is 3.60. The first-order valence-electron chi connectivity index (χ1n) is 9.83. The average molecular weight is 415 g/mol. The van der Waals surface area contributed by atoms with Crippen LogP contribution in [0.3, 0.4) is 0 Å². The zero-order chi connectivity index (χ0) is 20.4. The number of carbonyl (C=O) groups excluding carboxylic acids is 2. The Bertz CT molecular complexity index is 921. The van der Waals surface area contributed by atoms with Crippen LogP contribution in [-0.4, -0.2) is 61.0 Å². The highest BCUT2D eigenvalue weighted by Crippen LogP contribution is 2.38. The number of rotatable bonds is 3. The summed E-state index contributed by atoms with van der Waals surface area (Å²) in [5.74, 6) is 0.862. The highest BCUT2D eigenvalue weighted by atomic mass is 35.5. The minimum absolute atomic E-state index is 0.00197. The van der Waals surface area contributed by atoms with Gasteiger partial charge in [0.1, 0.15) is 13.2 Å². The number of carbonyl (C=O) groups is 2. The topological polar surface area (TPSA) is 59.1 Å². The molecule has 0 aliphatic carbocycles. The van der Waals surface area contributed by atoms with Crippen molar-refractivity contribution in [2.75, 3.05) is 39.4 Å². The number of amides is 2. The van der Waals surface area contributed by atoms with E-state index in [-0.39, 0.29) is 11.8 Å². The van der Waals surface area contributed by atoms with Gasteiger partial charge in [-0.25, -0.2) is 0 Å². The number of hydrogen-bond donors (Lipinski definition) is 0. The fourth-order valence-corrected chi connectivity index (χ4v) is 3.86. The van der Waals surface area contributed by atoms with Crippen molar-refractivity contribution in [1.82, 2.24) is 9.80 Å². The molecule has 0 N–H and O–H groups in total. The maximum absolute atomic E-state index is 12.9. The quantitative estimate of drug-likeness (QED) is 0.773. The maximum Gasteiger partial charge on any atom is 0.254 e. The van der Waals surface area contributed by atoms with Crippen LogP contribution in [0.2, 0.25) is 5.02 Å². The van der Waals surface area contributed by atoms with Crippen LogP contribution in [0, 0.1) is 0 Å². The molecule has 152 valence electrons. The number of fused-ring (bicyclic) bond motifs is 1. The summed E-state index contributed by atoms with van der Waals surface area (Å²) in [5.41, 5.74) is 2.35. The number of piperazine rings is 1. The summed E-state index contributed by atoms with van der Waals surface area (Å²) in [5, 5.41) is 0.370. The standard InChI is InChI=1S/C22H23ClN2O4/c1-2-15-3-5-16(6-4-15)21(26)24-7-9-25(10-8-24)22(27)17-13-18(23)20-19(14-17)28-11-12-29-20/h3-6,13-14H,2,7-12H2,1H3. The summed E-state index contributed by atoms with van der Waals surface area (Å²) in [4.78, 5) is 29.2. The maximum atomic E-state index is 12.9. The molecule has 0 saturated carbocycles. The summed E-state index contributed by atoms with van der Waals surface area (Å²) >= 11 is 6.26. The Morgan fingerprint density at radius 1 is 0.897 bits per heavy atom. The smallest absolute Gasteiger partial charge is 0.254 e. The van der Waals surface area contributed by atoms with Crippen molar-refractivity contribution >= 4 is 23.4 Å². The summed E-state index contributed by atoms with van der Waals surface area (Å²) in [7, 11) is 0. The van der Waals surface area contributed by atoms with Crippen LogP contribution < -0.4 is 9.47 Å². The van der Waals surface area contributed by atoms with Gasteiger partial charge in [0.05, 0.1) is 5.02 Å². The van der Waals surface area contributed by atoms with Crippen molar-refractivity contribution < 1.29 is 19.1 Å². The molecule has 2 aromatic rings. The molecule has 0 spiro atoms. The zero-order valence-electron chi connectivity index (χ0n) is 16.3. The molecule has 4 rings (SSSR count). The monoisotopic (exact) mass is 414 g/mol. The molecule has 2 heterocycles. The lowest BCUT2D eigenvalue weighted by atomic mass is 10.1. The van der Waals surface area contributed by atoms with Crippen molar-refractivity contribution in [1.29, 1.82) is 0 Å². The third kappa shape index (κ3) is 4.03.